The molecule has 11 heteroatoms. The van der Waals surface area contributed by atoms with Gasteiger partial charge in [0.15, 0.2) is 6.04 Å². The van der Waals surface area contributed by atoms with E-state index in [1.165, 1.54) is 29.2 Å². The van der Waals surface area contributed by atoms with Gasteiger partial charge in [0.2, 0.25) is 0 Å². The first-order valence-electron chi connectivity index (χ1n) is 9.88. The maximum atomic E-state index is 13.6. The van der Waals surface area contributed by atoms with Crippen LogP contribution in [0, 0.1) is 20.8 Å². The van der Waals surface area contributed by atoms with E-state index in [0.717, 1.165) is 21.5 Å². The summed E-state index contributed by atoms with van der Waals surface area (Å²) in [6.45, 7) is 5.58. The average Bonchev–Trinajstić information content (AvgIpc) is 3.33. The van der Waals surface area contributed by atoms with Crippen LogP contribution in [-0.2, 0) is 0 Å². The van der Waals surface area contributed by atoms with Crippen LogP contribution in [0.1, 0.15) is 37.4 Å². The van der Waals surface area contributed by atoms with Crippen molar-refractivity contribution in [3.05, 3.63) is 75.6 Å². The highest BCUT2D eigenvalue weighted by molar-refractivity contribution is 7.12. The number of nitrogens with one attached hydrogen (secondary N) is 1. The number of aromatic nitrogens is 5. The van der Waals surface area contributed by atoms with Gasteiger partial charge in [0.25, 0.3) is 11.9 Å². The van der Waals surface area contributed by atoms with Crippen LogP contribution in [-0.4, -0.2) is 36.8 Å². The molecule has 4 aromatic rings. The SMILES string of the molecule is Cc1cc(-c2ccnc(-n3ncc(C(=O)N[C@H](c4cccnc4)C(F)(F)F)c3C)n2)c(C)s1. The summed E-state index contributed by atoms with van der Waals surface area (Å²) in [7, 11) is 0. The van der Waals surface area contributed by atoms with Gasteiger partial charge in [0.1, 0.15) is 0 Å². The molecule has 0 fully saturated rings. The molecule has 4 aromatic heterocycles. The molecule has 0 spiro atoms. The Bertz CT molecular complexity index is 1300. The number of carbonyl (C=O) groups is 1. The van der Waals surface area contributed by atoms with Crippen LogP contribution in [0.2, 0.25) is 0 Å². The molecule has 1 N–H and O–H groups in total. The lowest BCUT2D eigenvalue weighted by Gasteiger charge is -2.21. The normalized spacial score (nSPS) is 12.5. The molecule has 4 heterocycles. The summed E-state index contributed by atoms with van der Waals surface area (Å²) in [5.74, 6) is -0.697. The molecule has 1 atom stereocenters. The minimum Gasteiger partial charge on any atom is -0.337 e. The molecule has 0 radical (unpaired) electrons. The van der Waals surface area contributed by atoms with Crippen molar-refractivity contribution in [3.63, 3.8) is 0 Å². The predicted octanol–water partition coefficient (Wildman–Crippen LogP) is 4.74. The summed E-state index contributed by atoms with van der Waals surface area (Å²) in [6, 6.07) is 4.23. The molecule has 170 valence electrons. The Hall–Kier alpha value is -3.60. The van der Waals surface area contributed by atoms with Crippen LogP contribution in [0.4, 0.5) is 13.2 Å². The fraction of sp³-hybridized carbons (Fsp3) is 0.227. The van der Waals surface area contributed by atoms with Gasteiger partial charge in [-0.2, -0.15) is 18.3 Å². The fourth-order valence-electron chi connectivity index (χ4n) is 3.43. The second kappa shape index (κ2) is 8.74. The van der Waals surface area contributed by atoms with Gasteiger partial charge in [-0.05, 0) is 39.0 Å². The van der Waals surface area contributed by atoms with E-state index in [1.54, 1.807) is 30.5 Å². The Balaban J connectivity index is 1.63. The van der Waals surface area contributed by atoms with Crippen LogP contribution >= 0.6 is 11.3 Å². The molecular formula is C22H19F3N6OS. The van der Waals surface area contributed by atoms with Crippen molar-refractivity contribution in [2.45, 2.75) is 33.0 Å². The molecule has 33 heavy (non-hydrogen) atoms. The maximum absolute atomic E-state index is 13.6. The topological polar surface area (TPSA) is 85.6 Å². The number of aryl methyl sites for hydroxylation is 2. The third-order valence-electron chi connectivity index (χ3n) is 5.02. The minimum atomic E-state index is -4.70. The first-order valence-corrected chi connectivity index (χ1v) is 10.7. The molecule has 0 unspecified atom stereocenters. The van der Waals surface area contributed by atoms with Crippen molar-refractivity contribution in [3.8, 4) is 17.2 Å². The molecular weight excluding hydrogens is 453 g/mol. The summed E-state index contributed by atoms with van der Waals surface area (Å²) in [5, 5.41) is 6.20. The van der Waals surface area contributed by atoms with E-state index >= 15 is 0 Å². The van der Waals surface area contributed by atoms with Crippen LogP contribution in [0.5, 0.6) is 0 Å². The van der Waals surface area contributed by atoms with E-state index in [4.69, 9.17) is 0 Å². The lowest BCUT2D eigenvalue weighted by Crippen LogP contribution is -2.38. The van der Waals surface area contributed by atoms with Gasteiger partial charge in [-0.3, -0.25) is 9.78 Å². The van der Waals surface area contributed by atoms with E-state index in [0.29, 0.717) is 11.4 Å². The van der Waals surface area contributed by atoms with Crippen LogP contribution in [0.25, 0.3) is 17.2 Å². The lowest BCUT2D eigenvalue weighted by molar-refractivity contribution is -0.155. The molecule has 0 bridgehead atoms. The predicted molar refractivity (Wildman–Crippen MR) is 117 cm³/mol. The number of nitrogens with zero attached hydrogens (tertiary/aromatic N) is 5. The first kappa shape index (κ1) is 22.6. The Morgan fingerprint density at radius 1 is 1.15 bits per heavy atom. The van der Waals surface area contributed by atoms with Crippen molar-refractivity contribution < 1.29 is 18.0 Å². The van der Waals surface area contributed by atoms with Crippen molar-refractivity contribution in [2.75, 3.05) is 0 Å². The number of halogens is 3. The number of carbonyl (C=O) groups excluding carboxylic acids is 1. The second-order valence-corrected chi connectivity index (χ2v) is 8.82. The number of hydrogen-bond donors (Lipinski definition) is 1. The van der Waals surface area contributed by atoms with Crippen molar-refractivity contribution in [1.29, 1.82) is 0 Å². The van der Waals surface area contributed by atoms with Crippen molar-refractivity contribution >= 4 is 17.2 Å². The van der Waals surface area contributed by atoms with Crippen molar-refractivity contribution in [1.82, 2.24) is 30.0 Å². The largest absolute Gasteiger partial charge is 0.412 e. The average molecular weight is 472 g/mol. The van der Waals surface area contributed by atoms with E-state index in [2.05, 4.69) is 20.1 Å². The smallest absolute Gasteiger partial charge is 0.337 e. The summed E-state index contributed by atoms with van der Waals surface area (Å²) >= 11 is 1.65. The third-order valence-corrected chi connectivity index (χ3v) is 5.99. The van der Waals surface area contributed by atoms with Gasteiger partial charge in [0.05, 0.1) is 23.1 Å². The molecule has 4 rings (SSSR count). The van der Waals surface area contributed by atoms with Crippen molar-refractivity contribution in [2.24, 2.45) is 0 Å². The summed E-state index contributed by atoms with van der Waals surface area (Å²) in [5.41, 5.74) is 1.80. The molecule has 0 saturated carbocycles. The van der Waals surface area contributed by atoms with Gasteiger partial charge in [-0.25, -0.2) is 14.6 Å². The molecule has 0 aromatic carbocycles. The highest BCUT2D eigenvalue weighted by atomic mass is 32.1. The lowest BCUT2D eigenvalue weighted by atomic mass is 10.1. The van der Waals surface area contributed by atoms with E-state index in [9.17, 15) is 18.0 Å². The number of pyridine rings is 1. The van der Waals surface area contributed by atoms with Gasteiger partial charge < -0.3 is 5.32 Å². The third kappa shape index (κ3) is 4.63. The quantitative estimate of drug-likeness (QED) is 0.453. The van der Waals surface area contributed by atoms with E-state index in [-0.39, 0.29) is 17.1 Å². The Morgan fingerprint density at radius 3 is 2.58 bits per heavy atom. The number of alkyl halides is 3. The summed E-state index contributed by atoms with van der Waals surface area (Å²) < 4.78 is 42.2. The fourth-order valence-corrected chi connectivity index (χ4v) is 4.36. The van der Waals surface area contributed by atoms with Crippen LogP contribution in [0.15, 0.2) is 49.1 Å². The van der Waals surface area contributed by atoms with Gasteiger partial charge in [-0.15, -0.1) is 11.3 Å². The number of rotatable bonds is 5. The maximum Gasteiger partial charge on any atom is 0.412 e. The second-order valence-electron chi connectivity index (χ2n) is 7.36. The molecule has 0 aliphatic carbocycles. The zero-order valence-corrected chi connectivity index (χ0v) is 18.7. The Morgan fingerprint density at radius 2 is 1.94 bits per heavy atom. The van der Waals surface area contributed by atoms with Crippen LogP contribution in [0.3, 0.4) is 0 Å². The highest BCUT2D eigenvalue weighted by Gasteiger charge is 2.42. The molecule has 7 nitrogen and oxygen atoms in total. The molecule has 0 aliphatic rings. The molecule has 1 amide bonds. The summed E-state index contributed by atoms with van der Waals surface area (Å²) in [6.07, 6.45) is 0.517. The zero-order chi connectivity index (χ0) is 23.8. The zero-order valence-electron chi connectivity index (χ0n) is 17.9. The highest BCUT2D eigenvalue weighted by Crippen LogP contribution is 2.33. The standard InChI is InChI=1S/C22H19F3N6OS/c1-12-9-16(14(3)33-12)18-6-8-27-21(29-18)31-13(2)17(11-28-31)20(32)30-19(22(23,24)25)15-5-4-7-26-10-15/h4-11,19H,1-3H3,(H,30,32)/t19-/m1/s1. The van der Waals surface area contributed by atoms with E-state index < -0.39 is 18.1 Å². The molecule has 0 saturated heterocycles. The van der Waals surface area contributed by atoms with Crippen LogP contribution < -0.4 is 5.32 Å². The Labute approximate surface area is 191 Å². The number of amides is 1. The monoisotopic (exact) mass is 472 g/mol. The Kier molecular flexibility index (Phi) is 5.98. The van der Waals surface area contributed by atoms with E-state index in [1.807, 2.05) is 25.2 Å². The summed E-state index contributed by atoms with van der Waals surface area (Å²) in [4.78, 5) is 27.5. The van der Waals surface area contributed by atoms with Gasteiger partial charge in [0, 0.05) is 39.5 Å². The number of hydrogen-bond acceptors (Lipinski definition) is 6. The van der Waals surface area contributed by atoms with Gasteiger partial charge in [-0.1, -0.05) is 6.07 Å². The number of thiophene rings is 1. The molecule has 0 aliphatic heterocycles. The first-order chi connectivity index (χ1) is 15.6. The minimum absolute atomic E-state index is 0.00954. The van der Waals surface area contributed by atoms with Gasteiger partial charge >= 0.3 is 6.18 Å².